The second-order valence-corrected chi connectivity index (χ2v) is 9.99. The number of ether oxygens (including phenoxy) is 1. The molecule has 32 heavy (non-hydrogen) atoms. The SMILES string of the molecule is CN1CCN(c2cc(C3CC3)cn3cc(Cn4cc(C(=O)OC(C)(C)C)nn4)nc23)CC1. The number of carbonyl (C=O) groups is 1. The van der Waals surface area contributed by atoms with Gasteiger partial charge in [-0.25, -0.2) is 14.5 Å². The minimum absolute atomic E-state index is 0.206. The number of piperazine rings is 1. The molecule has 1 aliphatic carbocycles. The van der Waals surface area contributed by atoms with Gasteiger partial charge in [-0.2, -0.15) is 0 Å². The minimum Gasteiger partial charge on any atom is -0.455 e. The predicted molar refractivity (Wildman–Crippen MR) is 121 cm³/mol. The first-order valence-corrected chi connectivity index (χ1v) is 11.3. The third-order valence-electron chi connectivity index (χ3n) is 5.97. The number of hydrogen-bond donors (Lipinski definition) is 0. The maximum atomic E-state index is 12.3. The third kappa shape index (κ3) is 4.48. The van der Waals surface area contributed by atoms with Crippen molar-refractivity contribution in [1.82, 2.24) is 29.3 Å². The Morgan fingerprint density at radius 3 is 2.56 bits per heavy atom. The molecule has 0 atom stereocenters. The van der Waals surface area contributed by atoms with Crippen LogP contribution >= 0.6 is 0 Å². The number of anilines is 1. The molecule has 3 aromatic rings. The number of rotatable bonds is 5. The Hall–Kier alpha value is -2.94. The number of hydrogen-bond acceptors (Lipinski definition) is 7. The van der Waals surface area contributed by atoms with Crippen molar-refractivity contribution in [3.8, 4) is 0 Å². The van der Waals surface area contributed by atoms with Crippen LogP contribution in [0.3, 0.4) is 0 Å². The number of nitrogens with zero attached hydrogens (tertiary/aromatic N) is 7. The largest absolute Gasteiger partial charge is 0.455 e. The van der Waals surface area contributed by atoms with Crippen molar-refractivity contribution in [2.24, 2.45) is 0 Å². The average molecular weight is 438 g/mol. The zero-order chi connectivity index (χ0) is 22.5. The molecular weight excluding hydrogens is 406 g/mol. The first kappa shape index (κ1) is 20.9. The monoisotopic (exact) mass is 437 g/mol. The van der Waals surface area contributed by atoms with E-state index in [1.165, 1.54) is 24.1 Å². The highest BCUT2D eigenvalue weighted by Crippen LogP contribution is 2.42. The Labute approximate surface area is 188 Å². The molecular formula is C23H31N7O2. The zero-order valence-corrected chi connectivity index (χ0v) is 19.3. The fourth-order valence-corrected chi connectivity index (χ4v) is 4.11. The molecule has 0 bridgehead atoms. The minimum atomic E-state index is -0.568. The van der Waals surface area contributed by atoms with Crippen molar-refractivity contribution >= 4 is 17.3 Å². The normalized spacial score (nSPS) is 17.8. The van der Waals surface area contributed by atoms with Crippen LogP contribution in [0.15, 0.2) is 24.7 Å². The van der Waals surface area contributed by atoms with Gasteiger partial charge in [0.25, 0.3) is 0 Å². The summed E-state index contributed by atoms with van der Waals surface area (Å²) in [5.74, 6) is 0.202. The number of esters is 1. The molecule has 5 rings (SSSR count). The van der Waals surface area contributed by atoms with E-state index in [1.807, 2.05) is 20.8 Å². The lowest BCUT2D eigenvalue weighted by Crippen LogP contribution is -2.44. The molecule has 2 aliphatic rings. The second kappa shape index (κ2) is 7.88. The summed E-state index contributed by atoms with van der Waals surface area (Å²) in [5, 5.41) is 8.09. The molecule has 3 aromatic heterocycles. The summed E-state index contributed by atoms with van der Waals surface area (Å²) in [6.45, 7) is 10.1. The summed E-state index contributed by atoms with van der Waals surface area (Å²) in [7, 11) is 2.17. The van der Waals surface area contributed by atoms with Crippen molar-refractivity contribution in [1.29, 1.82) is 0 Å². The van der Waals surface area contributed by atoms with E-state index in [0.717, 1.165) is 37.5 Å². The zero-order valence-electron chi connectivity index (χ0n) is 19.3. The summed E-state index contributed by atoms with van der Waals surface area (Å²) < 4.78 is 9.18. The molecule has 0 unspecified atom stereocenters. The maximum absolute atomic E-state index is 12.3. The summed E-state index contributed by atoms with van der Waals surface area (Å²) in [4.78, 5) is 22.0. The molecule has 1 saturated carbocycles. The van der Waals surface area contributed by atoms with E-state index in [4.69, 9.17) is 9.72 Å². The fraction of sp³-hybridized carbons (Fsp3) is 0.565. The Morgan fingerprint density at radius 1 is 1.12 bits per heavy atom. The molecule has 9 nitrogen and oxygen atoms in total. The van der Waals surface area contributed by atoms with E-state index < -0.39 is 11.6 Å². The van der Waals surface area contributed by atoms with Crippen LogP contribution in [-0.4, -0.2) is 74.1 Å². The number of imidazole rings is 1. The molecule has 0 amide bonds. The van der Waals surface area contributed by atoms with Gasteiger partial charge >= 0.3 is 5.97 Å². The Kier molecular flexibility index (Phi) is 5.16. The van der Waals surface area contributed by atoms with Gasteiger partial charge in [-0.1, -0.05) is 5.21 Å². The highest BCUT2D eigenvalue weighted by molar-refractivity contribution is 5.87. The van der Waals surface area contributed by atoms with Gasteiger partial charge in [-0.05, 0) is 58.2 Å². The molecule has 170 valence electrons. The molecule has 0 radical (unpaired) electrons. The topological polar surface area (TPSA) is 80.8 Å². The highest BCUT2D eigenvalue weighted by atomic mass is 16.6. The van der Waals surface area contributed by atoms with Gasteiger partial charge < -0.3 is 18.9 Å². The number of aromatic nitrogens is 5. The van der Waals surface area contributed by atoms with E-state index in [-0.39, 0.29) is 5.69 Å². The Morgan fingerprint density at radius 2 is 1.88 bits per heavy atom. The first-order chi connectivity index (χ1) is 15.2. The van der Waals surface area contributed by atoms with Gasteiger partial charge in [-0.3, -0.25) is 0 Å². The fourth-order valence-electron chi connectivity index (χ4n) is 4.11. The van der Waals surface area contributed by atoms with Crippen LogP contribution in [0.4, 0.5) is 5.69 Å². The molecule has 2 fully saturated rings. The van der Waals surface area contributed by atoms with Crippen molar-refractivity contribution < 1.29 is 9.53 Å². The molecule has 0 N–H and O–H groups in total. The summed E-state index contributed by atoms with van der Waals surface area (Å²) in [6.07, 6.45) is 8.44. The molecule has 9 heteroatoms. The van der Waals surface area contributed by atoms with Gasteiger partial charge in [-0.15, -0.1) is 5.10 Å². The first-order valence-electron chi connectivity index (χ1n) is 11.3. The smallest absolute Gasteiger partial charge is 0.361 e. The van der Waals surface area contributed by atoms with E-state index in [0.29, 0.717) is 12.5 Å². The average Bonchev–Trinajstić information content (AvgIpc) is 3.33. The van der Waals surface area contributed by atoms with E-state index in [9.17, 15) is 4.79 Å². The van der Waals surface area contributed by atoms with E-state index in [2.05, 4.69) is 50.0 Å². The van der Waals surface area contributed by atoms with Crippen LogP contribution in [0.25, 0.3) is 5.65 Å². The number of carbonyl (C=O) groups excluding carboxylic acids is 1. The highest BCUT2D eigenvalue weighted by Gasteiger charge is 2.27. The molecule has 4 heterocycles. The van der Waals surface area contributed by atoms with Crippen LogP contribution in [-0.2, 0) is 11.3 Å². The summed E-state index contributed by atoms with van der Waals surface area (Å²) >= 11 is 0. The predicted octanol–water partition coefficient (Wildman–Crippen LogP) is 2.56. The van der Waals surface area contributed by atoms with Gasteiger partial charge in [0.05, 0.1) is 24.1 Å². The molecule has 1 saturated heterocycles. The molecule has 0 aromatic carbocycles. The third-order valence-corrected chi connectivity index (χ3v) is 5.97. The van der Waals surface area contributed by atoms with Crippen LogP contribution in [0.5, 0.6) is 0 Å². The number of likely N-dealkylation sites (N-methyl/N-ethyl adjacent to an activating group) is 1. The van der Waals surface area contributed by atoms with Crippen LogP contribution in [0.2, 0.25) is 0 Å². The lowest BCUT2D eigenvalue weighted by molar-refractivity contribution is 0.00627. The van der Waals surface area contributed by atoms with Gasteiger partial charge in [0.15, 0.2) is 11.3 Å². The quantitative estimate of drug-likeness (QED) is 0.568. The van der Waals surface area contributed by atoms with Crippen molar-refractivity contribution in [3.63, 3.8) is 0 Å². The van der Waals surface area contributed by atoms with Crippen LogP contribution < -0.4 is 4.90 Å². The van der Waals surface area contributed by atoms with Gasteiger partial charge in [0, 0.05) is 38.6 Å². The van der Waals surface area contributed by atoms with Crippen LogP contribution in [0, 0.1) is 0 Å². The molecule has 0 spiro atoms. The lowest BCUT2D eigenvalue weighted by Gasteiger charge is -2.34. The number of pyridine rings is 1. The second-order valence-electron chi connectivity index (χ2n) is 9.99. The van der Waals surface area contributed by atoms with Crippen molar-refractivity contribution in [2.45, 2.75) is 51.7 Å². The molecule has 1 aliphatic heterocycles. The van der Waals surface area contributed by atoms with Gasteiger partial charge in [0.2, 0.25) is 0 Å². The van der Waals surface area contributed by atoms with Crippen LogP contribution in [0.1, 0.15) is 61.3 Å². The standard InChI is InChI=1S/C23H31N7O2/c1-23(2,3)32-22(31)19-15-30(26-25-19)14-18-13-29-12-17(16-5-6-16)11-20(21(29)24-18)28-9-7-27(4)8-10-28/h11-13,15-16H,5-10,14H2,1-4H3. The Bertz CT molecular complexity index is 1130. The summed E-state index contributed by atoms with van der Waals surface area (Å²) in [5.41, 5.74) is 4.10. The van der Waals surface area contributed by atoms with Gasteiger partial charge in [0.1, 0.15) is 5.60 Å². The van der Waals surface area contributed by atoms with Crippen molar-refractivity contribution in [3.05, 3.63) is 41.6 Å². The maximum Gasteiger partial charge on any atom is 0.361 e. The van der Waals surface area contributed by atoms with E-state index >= 15 is 0 Å². The summed E-state index contributed by atoms with van der Waals surface area (Å²) in [6, 6.07) is 2.34. The lowest BCUT2D eigenvalue weighted by atomic mass is 10.1. The number of fused-ring (bicyclic) bond motifs is 1. The van der Waals surface area contributed by atoms with E-state index in [1.54, 1.807) is 10.9 Å². The van der Waals surface area contributed by atoms with Crippen molar-refractivity contribution in [2.75, 3.05) is 38.1 Å². The Balaban J connectivity index is 1.41.